The van der Waals surface area contributed by atoms with Crippen LogP contribution in [0.15, 0.2) is 6.20 Å². The number of rotatable bonds is 0. The number of aromatic nitrogens is 2. The van der Waals surface area contributed by atoms with E-state index in [4.69, 9.17) is 5.84 Å². The second-order valence-corrected chi connectivity index (χ2v) is 3.11. The van der Waals surface area contributed by atoms with Gasteiger partial charge in [-0.25, -0.2) is 15.0 Å². The zero-order chi connectivity index (χ0) is 8.55. The minimum Gasteiger partial charge on any atom is -0.268 e. The summed E-state index contributed by atoms with van der Waals surface area (Å²) in [5.41, 5.74) is 2.32. The van der Waals surface area contributed by atoms with Gasteiger partial charge in [0.15, 0.2) is 0 Å². The Morgan fingerprint density at radius 2 is 2.42 bits per heavy atom. The molecule has 0 aromatic carbocycles. The predicted octanol–water partition coefficient (Wildman–Crippen LogP) is 0.0168. The van der Waals surface area contributed by atoms with Crippen molar-refractivity contribution in [1.82, 2.24) is 15.0 Å². The van der Waals surface area contributed by atoms with Gasteiger partial charge in [0.1, 0.15) is 5.82 Å². The molecule has 0 bridgehead atoms. The average Bonchev–Trinajstić information content (AvgIpc) is 2.03. The molecule has 12 heavy (non-hydrogen) atoms. The van der Waals surface area contributed by atoms with E-state index in [2.05, 4.69) is 9.97 Å². The predicted molar refractivity (Wildman–Crippen MR) is 45.1 cm³/mol. The van der Waals surface area contributed by atoms with Crippen molar-refractivity contribution in [3.05, 3.63) is 23.3 Å². The van der Waals surface area contributed by atoms with Gasteiger partial charge in [-0.2, -0.15) is 0 Å². The second kappa shape index (κ2) is 2.80. The second-order valence-electron chi connectivity index (χ2n) is 3.11. The van der Waals surface area contributed by atoms with Gasteiger partial charge < -0.3 is 0 Å². The van der Waals surface area contributed by atoms with Crippen LogP contribution in [0.4, 0.5) is 0 Å². The lowest BCUT2D eigenvalue weighted by Crippen LogP contribution is -2.36. The van der Waals surface area contributed by atoms with Gasteiger partial charge in [0.05, 0.1) is 12.2 Å². The molecule has 0 aliphatic carbocycles. The normalized spacial score (nSPS) is 17.5. The number of nitrogens with zero attached hydrogens (tertiary/aromatic N) is 3. The van der Waals surface area contributed by atoms with E-state index in [0.717, 1.165) is 31.0 Å². The molecule has 0 radical (unpaired) electrons. The highest BCUT2D eigenvalue weighted by atomic mass is 15.4. The molecule has 0 spiro atoms. The Morgan fingerprint density at radius 3 is 3.25 bits per heavy atom. The third-order valence-electron chi connectivity index (χ3n) is 2.10. The molecule has 2 rings (SSSR count). The van der Waals surface area contributed by atoms with Gasteiger partial charge >= 0.3 is 0 Å². The first kappa shape index (κ1) is 7.64. The van der Waals surface area contributed by atoms with Crippen molar-refractivity contribution in [3.8, 4) is 0 Å². The monoisotopic (exact) mass is 164 g/mol. The molecule has 4 heteroatoms. The molecule has 1 aromatic heterocycles. The summed E-state index contributed by atoms with van der Waals surface area (Å²) >= 11 is 0. The van der Waals surface area contributed by atoms with Gasteiger partial charge in [0.25, 0.3) is 0 Å². The van der Waals surface area contributed by atoms with Gasteiger partial charge in [-0.3, -0.25) is 5.84 Å². The van der Waals surface area contributed by atoms with Gasteiger partial charge in [-0.15, -0.1) is 0 Å². The van der Waals surface area contributed by atoms with Crippen LogP contribution in [0.5, 0.6) is 0 Å². The van der Waals surface area contributed by atoms with Crippen LogP contribution in [-0.4, -0.2) is 21.5 Å². The Kier molecular flexibility index (Phi) is 1.78. The number of fused-ring (bicyclic) bond motifs is 1. The maximum atomic E-state index is 5.67. The molecule has 0 saturated carbocycles. The first-order valence-electron chi connectivity index (χ1n) is 4.07. The zero-order valence-electron chi connectivity index (χ0n) is 7.12. The summed E-state index contributed by atoms with van der Waals surface area (Å²) in [5.74, 6) is 6.50. The highest BCUT2D eigenvalue weighted by Crippen LogP contribution is 2.13. The molecule has 0 fully saturated rings. The fraction of sp³-hybridized carbons (Fsp3) is 0.500. The summed E-state index contributed by atoms with van der Waals surface area (Å²) in [5, 5.41) is 1.79. The first-order valence-corrected chi connectivity index (χ1v) is 4.07. The smallest absolute Gasteiger partial charge is 0.125 e. The van der Waals surface area contributed by atoms with Crippen LogP contribution < -0.4 is 5.84 Å². The first-order chi connectivity index (χ1) is 5.75. The molecular formula is C8H12N4. The van der Waals surface area contributed by atoms with Crippen molar-refractivity contribution in [1.29, 1.82) is 0 Å². The van der Waals surface area contributed by atoms with Gasteiger partial charge in [-0.05, 0) is 18.9 Å². The lowest BCUT2D eigenvalue weighted by Gasteiger charge is -2.23. The quantitative estimate of drug-likeness (QED) is 0.549. The zero-order valence-corrected chi connectivity index (χ0v) is 7.12. The Bertz CT molecular complexity index is 297. The Labute approximate surface area is 71.4 Å². The lowest BCUT2D eigenvalue weighted by atomic mass is 10.1. The summed E-state index contributed by atoms with van der Waals surface area (Å²) in [6, 6.07) is 0. The third-order valence-corrected chi connectivity index (χ3v) is 2.10. The number of hydrogen-bond donors (Lipinski definition) is 1. The maximum absolute atomic E-state index is 5.67. The van der Waals surface area contributed by atoms with Crippen LogP contribution in [0.2, 0.25) is 0 Å². The van der Waals surface area contributed by atoms with Crippen molar-refractivity contribution >= 4 is 0 Å². The molecule has 64 valence electrons. The number of hydrogen-bond acceptors (Lipinski definition) is 4. The van der Waals surface area contributed by atoms with Crippen LogP contribution in [0, 0.1) is 6.92 Å². The molecule has 2 N–H and O–H groups in total. The van der Waals surface area contributed by atoms with Crippen LogP contribution in [0.25, 0.3) is 0 Å². The topological polar surface area (TPSA) is 55.0 Å². The van der Waals surface area contributed by atoms with Crippen molar-refractivity contribution in [2.45, 2.75) is 19.9 Å². The third kappa shape index (κ3) is 1.31. The van der Waals surface area contributed by atoms with E-state index < -0.39 is 0 Å². The number of hydrazine groups is 1. The molecular weight excluding hydrogens is 152 g/mol. The number of aryl methyl sites for hydroxylation is 1. The summed E-state index contributed by atoms with van der Waals surface area (Å²) in [6.07, 6.45) is 2.87. The van der Waals surface area contributed by atoms with Crippen LogP contribution in [0.3, 0.4) is 0 Å². The summed E-state index contributed by atoms with van der Waals surface area (Å²) < 4.78 is 0. The molecule has 0 unspecified atom stereocenters. The highest BCUT2D eigenvalue weighted by Gasteiger charge is 2.14. The van der Waals surface area contributed by atoms with E-state index in [1.165, 1.54) is 5.56 Å². The summed E-state index contributed by atoms with van der Waals surface area (Å²) in [4.78, 5) is 8.48. The fourth-order valence-corrected chi connectivity index (χ4v) is 1.42. The molecule has 1 aromatic rings. The van der Waals surface area contributed by atoms with Crippen molar-refractivity contribution in [2.75, 3.05) is 6.54 Å². The molecule has 0 saturated heterocycles. The Morgan fingerprint density at radius 1 is 1.58 bits per heavy atom. The summed E-state index contributed by atoms with van der Waals surface area (Å²) in [7, 11) is 0. The molecule has 0 atom stereocenters. The van der Waals surface area contributed by atoms with E-state index in [1.807, 2.05) is 13.1 Å². The molecule has 4 nitrogen and oxygen atoms in total. The fourth-order valence-electron chi connectivity index (χ4n) is 1.42. The van der Waals surface area contributed by atoms with Gasteiger partial charge in [0.2, 0.25) is 0 Å². The van der Waals surface area contributed by atoms with E-state index in [-0.39, 0.29) is 0 Å². The van der Waals surface area contributed by atoms with Crippen LogP contribution >= 0.6 is 0 Å². The molecule has 1 aliphatic heterocycles. The summed E-state index contributed by atoms with van der Waals surface area (Å²) in [6.45, 7) is 3.55. The standard InChI is InChI=1S/C8H12N4/c1-6-10-4-7-2-3-12(9)5-8(7)11-6/h4H,2-3,5,9H2,1H3. The Balaban J connectivity index is 2.37. The molecule has 0 amide bonds. The lowest BCUT2D eigenvalue weighted by molar-refractivity contribution is 0.257. The van der Waals surface area contributed by atoms with Gasteiger partial charge in [0, 0.05) is 12.7 Å². The van der Waals surface area contributed by atoms with Crippen molar-refractivity contribution in [3.63, 3.8) is 0 Å². The van der Waals surface area contributed by atoms with E-state index >= 15 is 0 Å². The molecule has 2 heterocycles. The number of nitrogens with two attached hydrogens (primary N) is 1. The van der Waals surface area contributed by atoms with E-state index in [9.17, 15) is 0 Å². The van der Waals surface area contributed by atoms with Crippen LogP contribution in [-0.2, 0) is 13.0 Å². The van der Waals surface area contributed by atoms with Crippen molar-refractivity contribution < 1.29 is 0 Å². The molecule has 1 aliphatic rings. The average molecular weight is 164 g/mol. The van der Waals surface area contributed by atoms with Gasteiger partial charge in [-0.1, -0.05) is 0 Å². The largest absolute Gasteiger partial charge is 0.268 e. The maximum Gasteiger partial charge on any atom is 0.125 e. The van der Waals surface area contributed by atoms with E-state index in [1.54, 1.807) is 5.01 Å². The van der Waals surface area contributed by atoms with Crippen molar-refractivity contribution in [2.24, 2.45) is 5.84 Å². The Hall–Kier alpha value is -1.00. The minimum atomic E-state index is 0.749. The van der Waals surface area contributed by atoms with E-state index in [0.29, 0.717) is 0 Å². The SMILES string of the molecule is Cc1ncc2c(n1)CN(N)CC2. The highest BCUT2D eigenvalue weighted by molar-refractivity contribution is 5.19. The minimum absolute atomic E-state index is 0.749. The van der Waals surface area contributed by atoms with Crippen LogP contribution in [0.1, 0.15) is 17.1 Å².